The van der Waals surface area contributed by atoms with E-state index in [2.05, 4.69) is 5.32 Å². The number of alkyl carbamates (subject to hydrolysis) is 1. The van der Waals surface area contributed by atoms with Crippen LogP contribution in [0.3, 0.4) is 0 Å². The van der Waals surface area contributed by atoms with Crippen LogP contribution in [0.2, 0.25) is 0 Å². The van der Waals surface area contributed by atoms with Crippen molar-refractivity contribution >= 4 is 12.1 Å². The Labute approximate surface area is 210 Å². The Morgan fingerprint density at radius 1 is 0.833 bits per heavy atom. The summed E-state index contributed by atoms with van der Waals surface area (Å²) in [4.78, 5) is 24.0. The van der Waals surface area contributed by atoms with Crippen LogP contribution in [0.25, 0.3) is 0 Å². The lowest BCUT2D eigenvalue weighted by atomic mass is 10.0. The van der Waals surface area contributed by atoms with Gasteiger partial charge >= 0.3 is 12.1 Å². The van der Waals surface area contributed by atoms with Crippen LogP contribution in [-0.4, -0.2) is 33.9 Å². The van der Waals surface area contributed by atoms with Gasteiger partial charge in [0.15, 0.2) is 17.5 Å². The quantitative estimate of drug-likeness (QED) is 0.370. The topological polar surface area (TPSA) is 114 Å². The summed E-state index contributed by atoms with van der Waals surface area (Å²) in [6.45, 7) is 5.50. The molecule has 1 amide bonds. The minimum absolute atomic E-state index is 0.230. The van der Waals surface area contributed by atoms with Crippen molar-refractivity contribution in [2.45, 2.75) is 51.7 Å². The number of aliphatic carboxylic acids is 1. The smallest absolute Gasteiger partial charge is 0.408 e. The molecule has 0 aliphatic carbocycles. The molecule has 3 aromatic rings. The highest BCUT2D eigenvalue weighted by molar-refractivity contribution is 5.81. The van der Waals surface area contributed by atoms with E-state index in [9.17, 15) is 19.8 Å². The number of aliphatic hydroxyl groups excluding tert-OH is 1. The summed E-state index contributed by atoms with van der Waals surface area (Å²) in [7, 11) is 0. The molecule has 8 nitrogen and oxygen atoms in total. The lowest BCUT2D eigenvalue weighted by Crippen LogP contribution is -2.46. The molecule has 0 fully saturated rings. The second-order valence-corrected chi connectivity index (χ2v) is 9.16. The lowest BCUT2D eigenvalue weighted by Gasteiger charge is -2.25. The number of carboxylic acid groups (broad SMARTS) is 1. The molecule has 0 saturated carbocycles. The van der Waals surface area contributed by atoms with Gasteiger partial charge in [0, 0.05) is 0 Å². The Morgan fingerprint density at radius 3 is 1.86 bits per heavy atom. The molecule has 0 aliphatic heterocycles. The minimum Gasteiger partial charge on any atom is -0.485 e. The van der Waals surface area contributed by atoms with Crippen molar-refractivity contribution in [2.24, 2.45) is 0 Å². The molecule has 0 aliphatic rings. The van der Waals surface area contributed by atoms with Crippen LogP contribution >= 0.6 is 0 Å². The fraction of sp³-hybridized carbons (Fsp3) is 0.286. The molecule has 3 N–H and O–H groups in total. The third-order valence-electron chi connectivity index (χ3n) is 5.04. The van der Waals surface area contributed by atoms with Crippen molar-refractivity contribution in [3.8, 4) is 11.5 Å². The molecule has 0 bridgehead atoms. The lowest BCUT2D eigenvalue weighted by molar-refractivity contribution is -0.142. The zero-order valence-electron chi connectivity index (χ0n) is 20.5. The van der Waals surface area contributed by atoms with E-state index in [1.807, 2.05) is 60.7 Å². The Hall–Kier alpha value is -4.04. The van der Waals surface area contributed by atoms with Crippen molar-refractivity contribution < 1.29 is 34.0 Å². The van der Waals surface area contributed by atoms with E-state index in [0.717, 1.165) is 11.1 Å². The number of carboxylic acids is 1. The molecule has 0 heterocycles. The first-order valence-corrected chi connectivity index (χ1v) is 11.5. The summed E-state index contributed by atoms with van der Waals surface area (Å²) in [6, 6.07) is 22.1. The summed E-state index contributed by atoms with van der Waals surface area (Å²) in [5.74, 6) is -0.657. The highest BCUT2D eigenvalue weighted by Crippen LogP contribution is 2.33. The van der Waals surface area contributed by atoms with Crippen LogP contribution in [0, 0.1) is 0 Å². The summed E-state index contributed by atoms with van der Waals surface area (Å²) >= 11 is 0. The molecule has 0 radical (unpaired) electrons. The maximum atomic E-state index is 12.2. The first kappa shape index (κ1) is 26.6. The van der Waals surface area contributed by atoms with E-state index < -0.39 is 29.8 Å². The Balaban J connectivity index is 1.83. The number of benzene rings is 3. The second kappa shape index (κ2) is 12.1. The largest absolute Gasteiger partial charge is 0.485 e. The zero-order chi connectivity index (χ0) is 26.1. The first-order valence-electron chi connectivity index (χ1n) is 11.5. The molecular formula is C28H31NO7. The monoisotopic (exact) mass is 493 g/mol. The van der Waals surface area contributed by atoms with Gasteiger partial charge in [0.05, 0.1) is 0 Å². The van der Waals surface area contributed by atoms with Gasteiger partial charge in [-0.3, -0.25) is 0 Å². The van der Waals surface area contributed by atoms with Crippen molar-refractivity contribution in [3.63, 3.8) is 0 Å². The third kappa shape index (κ3) is 8.02. The molecule has 0 aromatic heterocycles. The van der Waals surface area contributed by atoms with E-state index in [4.69, 9.17) is 14.2 Å². The van der Waals surface area contributed by atoms with Gasteiger partial charge in [-0.25, -0.2) is 9.59 Å². The molecule has 3 rings (SSSR count). The number of aliphatic hydroxyl groups is 1. The molecule has 0 spiro atoms. The molecule has 8 heteroatoms. The van der Waals surface area contributed by atoms with Gasteiger partial charge in [0.2, 0.25) is 0 Å². The van der Waals surface area contributed by atoms with E-state index in [-0.39, 0.29) is 12.2 Å². The number of hydrogen-bond acceptors (Lipinski definition) is 6. The van der Waals surface area contributed by atoms with Crippen LogP contribution in [-0.2, 0) is 22.7 Å². The van der Waals surface area contributed by atoms with Crippen molar-refractivity contribution in [1.82, 2.24) is 5.32 Å². The van der Waals surface area contributed by atoms with Crippen LogP contribution in [0.1, 0.15) is 43.6 Å². The molecule has 190 valence electrons. The first-order chi connectivity index (χ1) is 17.1. The number of nitrogens with one attached hydrogen (secondary N) is 1. The van der Waals surface area contributed by atoms with Crippen LogP contribution < -0.4 is 14.8 Å². The van der Waals surface area contributed by atoms with Crippen LogP contribution in [0.15, 0.2) is 78.9 Å². The summed E-state index contributed by atoms with van der Waals surface area (Å²) in [5.41, 5.74) is 1.29. The predicted molar refractivity (Wildman–Crippen MR) is 134 cm³/mol. The van der Waals surface area contributed by atoms with Crippen molar-refractivity contribution in [1.29, 1.82) is 0 Å². The molecular weight excluding hydrogens is 462 g/mol. The Morgan fingerprint density at radius 2 is 1.36 bits per heavy atom. The van der Waals surface area contributed by atoms with Crippen molar-refractivity contribution in [3.05, 3.63) is 95.6 Å². The fourth-order valence-corrected chi connectivity index (χ4v) is 3.31. The molecule has 0 saturated heterocycles. The maximum absolute atomic E-state index is 12.2. The summed E-state index contributed by atoms with van der Waals surface area (Å²) < 4.78 is 17.1. The van der Waals surface area contributed by atoms with Crippen LogP contribution in [0.4, 0.5) is 4.79 Å². The number of ether oxygens (including phenoxy) is 3. The van der Waals surface area contributed by atoms with Gasteiger partial charge in [-0.1, -0.05) is 66.7 Å². The van der Waals surface area contributed by atoms with E-state index in [1.54, 1.807) is 26.8 Å². The molecule has 36 heavy (non-hydrogen) atoms. The molecule has 2 atom stereocenters. The van der Waals surface area contributed by atoms with Crippen molar-refractivity contribution in [2.75, 3.05) is 0 Å². The number of carbonyl (C=O) groups is 2. The average Bonchev–Trinajstić information content (AvgIpc) is 2.84. The zero-order valence-corrected chi connectivity index (χ0v) is 20.5. The van der Waals surface area contributed by atoms with E-state index in [0.29, 0.717) is 18.1 Å². The van der Waals surface area contributed by atoms with Gasteiger partial charge in [-0.05, 0) is 49.6 Å². The van der Waals surface area contributed by atoms with Gasteiger partial charge in [-0.15, -0.1) is 0 Å². The number of hydrogen-bond donors (Lipinski definition) is 3. The van der Waals surface area contributed by atoms with Gasteiger partial charge in [0.25, 0.3) is 0 Å². The number of amides is 1. The molecule has 3 aromatic carbocycles. The fourth-order valence-electron chi connectivity index (χ4n) is 3.31. The summed E-state index contributed by atoms with van der Waals surface area (Å²) in [6.07, 6.45) is -2.52. The second-order valence-electron chi connectivity index (χ2n) is 9.16. The molecule has 1 unspecified atom stereocenters. The number of carbonyl (C=O) groups excluding carboxylic acids is 1. The standard InChI is InChI=1S/C28H31NO7/c1-28(2,3)36-27(33)29-24(26(31)32)25(30)21-14-15-22(34-17-19-10-6-4-7-11-19)23(16-21)35-18-20-12-8-5-9-13-20/h4-16,24-25,30H,17-18H2,1-3H3,(H,29,33)(H,31,32)/t24-,25?/m0/s1. The average molecular weight is 494 g/mol. The van der Waals surface area contributed by atoms with Gasteiger partial charge in [0.1, 0.15) is 24.9 Å². The minimum atomic E-state index is -1.64. The Kier molecular flexibility index (Phi) is 8.91. The van der Waals surface area contributed by atoms with Crippen LogP contribution in [0.5, 0.6) is 11.5 Å². The third-order valence-corrected chi connectivity index (χ3v) is 5.04. The summed E-state index contributed by atoms with van der Waals surface area (Å²) in [5, 5.41) is 22.7. The predicted octanol–water partition coefficient (Wildman–Crippen LogP) is 4.86. The Bertz CT molecular complexity index is 1140. The van der Waals surface area contributed by atoms with E-state index >= 15 is 0 Å². The normalized spacial score (nSPS) is 12.8. The maximum Gasteiger partial charge on any atom is 0.408 e. The highest BCUT2D eigenvalue weighted by atomic mass is 16.6. The SMILES string of the molecule is CC(C)(C)OC(=O)N[C@H](C(=O)O)C(O)c1ccc(OCc2ccccc2)c(OCc2ccccc2)c1. The van der Waals surface area contributed by atoms with E-state index in [1.165, 1.54) is 12.1 Å². The van der Waals surface area contributed by atoms with Gasteiger partial charge in [-0.2, -0.15) is 0 Å². The number of rotatable bonds is 10. The highest BCUT2D eigenvalue weighted by Gasteiger charge is 2.32. The van der Waals surface area contributed by atoms with Gasteiger partial charge < -0.3 is 29.7 Å².